The maximum Gasteiger partial charge on any atom is 0.224 e. The van der Waals surface area contributed by atoms with Crippen molar-refractivity contribution < 1.29 is 14.3 Å². The highest BCUT2D eigenvalue weighted by Crippen LogP contribution is 2.30. The summed E-state index contributed by atoms with van der Waals surface area (Å²) in [5, 5.41) is 2.82. The Balaban J connectivity index is 0.00000324. The molecule has 0 spiro atoms. The number of amides is 1. The van der Waals surface area contributed by atoms with Crippen LogP contribution in [0, 0.1) is 5.92 Å². The maximum atomic E-state index is 11.6. The molecule has 6 heteroatoms. The minimum absolute atomic E-state index is 0. The summed E-state index contributed by atoms with van der Waals surface area (Å²) in [5.74, 6) is 1.03. The molecule has 0 fully saturated rings. The Morgan fingerprint density at radius 3 is 2.58 bits per heavy atom. The van der Waals surface area contributed by atoms with Crippen LogP contribution in [0.3, 0.4) is 0 Å². The molecule has 0 aliphatic rings. The second kappa shape index (κ2) is 8.61. The first-order valence-corrected chi connectivity index (χ1v) is 5.81. The third kappa shape index (κ3) is 4.61. The van der Waals surface area contributed by atoms with Crippen LogP contribution in [0.4, 0.5) is 0 Å². The Labute approximate surface area is 119 Å². The second-order valence-corrected chi connectivity index (χ2v) is 4.01. The minimum atomic E-state index is -0.193. The van der Waals surface area contributed by atoms with E-state index >= 15 is 0 Å². The van der Waals surface area contributed by atoms with Crippen molar-refractivity contribution in [3.8, 4) is 11.5 Å². The van der Waals surface area contributed by atoms with Gasteiger partial charge in [0.05, 0.1) is 14.2 Å². The van der Waals surface area contributed by atoms with Crippen LogP contribution in [0.2, 0.25) is 0 Å². The number of benzene rings is 1. The Morgan fingerprint density at radius 2 is 2.05 bits per heavy atom. The summed E-state index contributed by atoms with van der Waals surface area (Å²) in [7, 11) is 3.16. The fraction of sp³-hybridized carbons (Fsp3) is 0.462. The van der Waals surface area contributed by atoms with Gasteiger partial charge >= 0.3 is 0 Å². The summed E-state index contributed by atoms with van der Waals surface area (Å²) in [6.07, 6.45) is 0. The average molecular weight is 289 g/mol. The van der Waals surface area contributed by atoms with Crippen LogP contribution in [-0.4, -0.2) is 26.7 Å². The lowest BCUT2D eigenvalue weighted by atomic mass is 10.1. The van der Waals surface area contributed by atoms with Crippen molar-refractivity contribution in [2.24, 2.45) is 11.7 Å². The van der Waals surface area contributed by atoms with Gasteiger partial charge in [-0.15, -0.1) is 12.4 Å². The number of nitrogens with one attached hydrogen (secondary N) is 1. The van der Waals surface area contributed by atoms with Gasteiger partial charge < -0.3 is 20.5 Å². The number of nitrogens with two attached hydrogens (primary N) is 1. The van der Waals surface area contributed by atoms with E-state index in [2.05, 4.69) is 5.32 Å². The topological polar surface area (TPSA) is 73.6 Å². The van der Waals surface area contributed by atoms with E-state index in [0.29, 0.717) is 24.6 Å². The quantitative estimate of drug-likeness (QED) is 0.828. The number of halogens is 1. The van der Waals surface area contributed by atoms with E-state index in [-0.39, 0.29) is 24.2 Å². The first kappa shape index (κ1) is 17.5. The predicted octanol–water partition coefficient (Wildman–Crippen LogP) is 1.34. The van der Waals surface area contributed by atoms with Crippen LogP contribution in [0.5, 0.6) is 11.5 Å². The molecule has 0 bridgehead atoms. The highest BCUT2D eigenvalue weighted by molar-refractivity contribution is 5.85. The molecule has 0 saturated carbocycles. The molecule has 1 unspecified atom stereocenters. The highest BCUT2D eigenvalue weighted by Gasteiger charge is 2.13. The first-order valence-electron chi connectivity index (χ1n) is 5.81. The van der Waals surface area contributed by atoms with E-state index in [1.807, 2.05) is 18.2 Å². The molecule has 19 heavy (non-hydrogen) atoms. The molecule has 1 aromatic rings. The van der Waals surface area contributed by atoms with Gasteiger partial charge in [-0.1, -0.05) is 19.1 Å². The monoisotopic (exact) mass is 288 g/mol. The summed E-state index contributed by atoms with van der Waals surface area (Å²) >= 11 is 0. The third-order valence-electron chi connectivity index (χ3n) is 2.74. The molecule has 0 aromatic heterocycles. The number of carbonyl (C=O) groups is 1. The van der Waals surface area contributed by atoms with Crippen molar-refractivity contribution in [1.29, 1.82) is 0 Å². The Hall–Kier alpha value is -1.46. The van der Waals surface area contributed by atoms with Crippen molar-refractivity contribution in [3.05, 3.63) is 23.8 Å². The minimum Gasteiger partial charge on any atom is -0.493 e. The van der Waals surface area contributed by atoms with Crippen molar-refractivity contribution in [2.75, 3.05) is 20.8 Å². The van der Waals surface area contributed by atoms with E-state index in [1.54, 1.807) is 21.1 Å². The summed E-state index contributed by atoms with van der Waals surface area (Å²) in [5.41, 5.74) is 6.31. The molecule has 1 amide bonds. The Kier molecular flexibility index (Phi) is 7.95. The molecule has 1 rings (SSSR count). The average Bonchev–Trinajstić information content (AvgIpc) is 2.42. The molecule has 108 valence electrons. The lowest BCUT2D eigenvalue weighted by Gasteiger charge is -2.14. The van der Waals surface area contributed by atoms with E-state index in [0.717, 1.165) is 5.56 Å². The highest BCUT2D eigenvalue weighted by atomic mass is 35.5. The molecule has 3 N–H and O–H groups in total. The summed E-state index contributed by atoms with van der Waals surface area (Å²) in [6.45, 7) is 2.52. The molecule has 5 nitrogen and oxygen atoms in total. The standard InChI is InChI=1S/C13H20N2O3.ClH/c1-9(7-14)13(16)15-8-10-5-4-6-11(17-2)12(10)18-3;/h4-6,9H,7-8,14H2,1-3H3,(H,15,16);1H. The summed E-state index contributed by atoms with van der Waals surface area (Å²) < 4.78 is 10.5. The van der Waals surface area contributed by atoms with Gasteiger partial charge in [-0.3, -0.25) is 4.79 Å². The maximum absolute atomic E-state index is 11.6. The molecule has 1 aromatic carbocycles. The lowest BCUT2D eigenvalue weighted by Crippen LogP contribution is -2.32. The fourth-order valence-electron chi connectivity index (χ4n) is 1.56. The molecule has 0 aliphatic carbocycles. The van der Waals surface area contributed by atoms with E-state index in [9.17, 15) is 4.79 Å². The first-order chi connectivity index (χ1) is 8.63. The fourth-order valence-corrected chi connectivity index (χ4v) is 1.56. The van der Waals surface area contributed by atoms with E-state index in [4.69, 9.17) is 15.2 Å². The zero-order valence-electron chi connectivity index (χ0n) is 11.4. The van der Waals surface area contributed by atoms with Crippen LogP contribution in [0.1, 0.15) is 12.5 Å². The number of rotatable bonds is 6. The third-order valence-corrected chi connectivity index (χ3v) is 2.74. The van der Waals surface area contributed by atoms with Crippen LogP contribution in [0.25, 0.3) is 0 Å². The van der Waals surface area contributed by atoms with E-state index < -0.39 is 0 Å². The predicted molar refractivity (Wildman–Crippen MR) is 76.9 cm³/mol. The smallest absolute Gasteiger partial charge is 0.224 e. The van der Waals surface area contributed by atoms with Crippen LogP contribution in [-0.2, 0) is 11.3 Å². The van der Waals surface area contributed by atoms with Crippen LogP contribution >= 0.6 is 12.4 Å². The van der Waals surface area contributed by atoms with Crippen molar-refractivity contribution >= 4 is 18.3 Å². The number of ether oxygens (including phenoxy) is 2. The zero-order valence-corrected chi connectivity index (χ0v) is 12.3. The SMILES string of the molecule is COc1cccc(CNC(=O)C(C)CN)c1OC.Cl. The molecular formula is C13H21ClN2O3. The van der Waals surface area contributed by atoms with Gasteiger partial charge in [-0.2, -0.15) is 0 Å². The van der Waals surface area contributed by atoms with Gasteiger partial charge in [0.25, 0.3) is 0 Å². The summed E-state index contributed by atoms with van der Waals surface area (Å²) in [6, 6.07) is 5.55. The van der Waals surface area contributed by atoms with Gasteiger partial charge in [0.15, 0.2) is 11.5 Å². The Bertz CT molecular complexity index is 413. The Morgan fingerprint density at radius 1 is 1.37 bits per heavy atom. The number of carbonyl (C=O) groups excluding carboxylic acids is 1. The molecule has 0 heterocycles. The normalized spacial score (nSPS) is 11.2. The number of hydrogen-bond acceptors (Lipinski definition) is 4. The largest absolute Gasteiger partial charge is 0.493 e. The van der Waals surface area contributed by atoms with Crippen LogP contribution < -0.4 is 20.5 Å². The molecular weight excluding hydrogens is 268 g/mol. The molecule has 0 radical (unpaired) electrons. The number of hydrogen-bond donors (Lipinski definition) is 2. The number of methoxy groups -OCH3 is 2. The van der Waals surface area contributed by atoms with E-state index in [1.165, 1.54) is 0 Å². The van der Waals surface area contributed by atoms with Gasteiger partial charge in [-0.25, -0.2) is 0 Å². The lowest BCUT2D eigenvalue weighted by molar-refractivity contribution is -0.124. The van der Waals surface area contributed by atoms with Crippen molar-refractivity contribution in [3.63, 3.8) is 0 Å². The second-order valence-electron chi connectivity index (χ2n) is 4.01. The van der Waals surface area contributed by atoms with Gasteiger partial charge in [0, 0.05) is 24.6 Å². The van der Waals surface area contributed by atoms with Crippen molar-refractivity contribution in [2.45, 2.75) is 13.5 Å². The number of para-hydroxylation sites is 1. The zero-order chi connectivity index (χ0) is 13.5. The molecule has 0 saturated heterocycles. The van der Waals surface area contributed by atoms with Gasteiger partial charge in [0.2, 0.25) is 5.91 Å². The van der Waals surface area contributed by atoms with Crippen LogP contribution in [0.15, 0.2) is 18.2 Å². The molecule has 0 aliphatic heterocycles. The summed E-state index contributed by atoms with van der Waals surface area (Å²) in [4.78, 5) is 11.6. The van der Waals surface area contributed by atoms with Gasteiger partial charge in [0.1, 0.15) is 0 Å². The van der Waals surface area contributed by atoms with Crippen molar-refractivity contribution in [1.82, 2.24) is 5.32 Å². The molecule has 1 atom stereocenters. The van der Waals surface area contributed by atoms with Gasteiger partial charge in [-0.05, 0) is 6.07 Å².